The normalized spacial score (nSPS) is 15.1. The maximum absolute atomic E-state index is 12.9. The molecule has 1 saturated heterocycles. The summed E-state index contributed by atoms with van der Waals surface area (Å²) < 4.78 is 11.3. The van der Waals surface area contributed by atoms with Gasteiger partial charge in [0.1, 0.15) is 0 Å². The minimum Gasteiger partial charge on any atom is -0.447 e. The molecule has 1 aromatic carbocycles. The van der Waals surface area contributed by atoms with E-state index in [1.807, 2.05) is 6.07 Å². The molecule has 1 amide bonds. The number of rotatable bonds is 7. The summed E-state index contributed by atoms with van der Waals surface area (Å²) in [6.07, 6.45) is -1.13. The van der Waals surface area contributed by atoms with E-state index in [1.165, 1.54) is 11.3 Å². The van der Waals surface area contributed by atoms with Crippen molar-refractivity contribution in [2.45, 2.75) is 18.9 Å². The molecule has 0 unspecified atom stereocenters. The van der Waals surface area contributed by atoms with Gasteiger partial charge in [0.25, 0.3) is 5.91 Å². The highest BCUT2D eigenvalue weighted by molar-refractivity contribution is 7.18. The fourth-order valence-corrected chi connectivity index (χ4v) is 3.84. The van der Waals surface area contributed by atoms with E-state index in [1.54, 1.807) is 41.3 Å². The van der Waals surface area contributed by atoms with Crippen molar-refractivity contribution in [3.05, 3.63) is 57.2 Å². The maximum atomic E-state index is 12.9. The number of ketones is 1. The van der Waals surface area contributed by atoms with Crippen LogP contribution >= 0.6 is 22.9 Å². The van der Waals surface area contributed by atoms with E-state index in [9.17, 15) is 14.4 Å². The number of esters is 1. The number of nitrogens with zero attached hydrogens (tertiary/aromatic N) is 1. The van der Waals surface area contributed by atoms with Gasteiger partial charge in [-0.25, -0.2) is 0 Å². The van der Waals surface area contributed by atoms with E-state index in [2.05, 4.69) is 0 Å². The first kappa shape index (κ1) is 20.5. The highest BCUT2D eigenvalue weighted by Crippen LogP contribution is 2.24. The van der Waals surface area contributed by atoms with Crippen LogP contribution in [0.5, 0.6) is 0 Å². The Bertz CT molecular complexity index is 832. The molecule has 148 valence electrons. The lowest BCUT2D eigenvalue weighted by Gasteiger charge is -2.30. The van der Waals surface area contributed by atoms with Gasteiger partial charge in [0.15, 0.2) is 5.78 Å². The summed E-state index contributed by atoms with van der Waals surface area (Å²) in [6.45, 7) is 1.83. The summed E-state index contributed by atoms with van der Waals surface area (Å²) in [7, 11) is 0. The first-order valence-electron chi connectivity index (χ1n) is 8.94. The number of hydrogen-bond acceptors (Lipinski definition) is 6. The van der Waals surface area contributed by atoms with Crippen molar-refractivity contribution in [1.29, 1.82) is 0 Å². The van der Waals surface area contributed by atoms with Gasteiger partial charge in [0, 0.05) is 25.1 Å². The number of benzene rings is 1. The zero-order valence-corrected chi connectivity index (χ0v) is 16.7. The minimum absolute atomic E-state index is 0.00291. The predicted octanol–water partition coefficient (Wildman–Crippen LogP) is 3.51. The number of morpholine rings is 1. The zero-order chi connectivity index (χ0) is 19.9. The number of Topliss-reactive ketones (excluding diaryl/α,β-unsaturated/α-hetero) is 1. The smallest absolute Gasteiger partial charge is 0.307 e. The quantitative estimate of drug-likeness (QED) is 0.505. The SMILES string of the molecule is O=C(CCC(=O)c1ccc(Cl)s1)O[C@@H](C(=O)N1CCOCC1)c1ccccc1. The van der Waals surface area contributed by atoms with Crippen LogP contribution in [0.25, 0.3) is 0 Å². The molecule has 0 aliphatic carbocycles. The largest absolute Gasteiger partial charge is 0.447 e. The Morgan fingerprint density at radius 3 is 2.43 bits per heavy atom. The molecule has 8 heteroatoms. The van der Waals surface area contributed by atoms with E-state index in [0.29, 0.717) is 41.1 Å². The molecule has 1 aromatic heterocycles. The van der Waals surface area contributed by atoms with Crippen molar-refractivity contribution < 1.29 is 23.9 Å². The number of halogens is 1. The summed E-state index contributed by atoms with van der Waals surface area (Å²) in [4.78, 5) is 39.6. The Kier molecular flexibility index (Phi) is 7.19. The number of carbonyl (C=O) groups excluding carboxylic acids is 3. The molecule has 1 fully saturated rings. The first-order chi connectivity index (χ1) is 13.5. The summed E-state index contributed by atoms with van der Waals surface area (Å²) in [5.74, 6) is -1.05. The van der Waals surface area contributed by atoms with Gasteiger partial charge in [-0.15, -0.1) is 11.3 Å². The molecule has 1 aliphatic heterocycles. The average molecular weight is 422 g/mol. The monoisotopic (exact) mass is 421 g/mol. The van der Waals surface area contributed by atoms with Gasteiger partial charge in [0.2, 0.25) is 6.10 Å². The number of carbonyl (C=O) groups is 3. The molecule has 2 aromatic rings. The Hall–Kier alpha value is -2.22. The Labute approximate surface area is 172 Å². The van der Waals surface area contributed by atoms with E-state index in [0.717, 1.165) is 0 Å². The molecular weight excluding hydrogens is 402 g/mol. The lowest BCUT2D eigenvalue weighted by molar-refractivity contribution is -0.162. The molecule has 1 atom stereocenters. The van der Waals surface area contributed by atoms with Crippen LogP contribution in [0.15, 0.2) is 42.5 Å². The molecule has 3 rings (SSSR count). The molecule has 0 spiro atoms. The van der Waals surface area contributed by atoms with Crippen LogP contribution in [0, 0.1) is 0 Å². The van der Waals surface area contributed by atoms with E-state index >= 15 is 0 Å². The summed E-state index contributed by atoms with van der Waals surface area (Å²) in [5.41, 5.74) is 0.601. The lowest BCUT2D eigenvalue weighted by atomic mass is 10.1. The molecule has 0 N–H and O–H groups in total. The zero-order valence-electron chi connectivity index (χ0n) is 15.1. The lowest BCUT2D eigenvalue weighted by Crippen LogP contribution is -2.44. The van der Waals surface area contributed by atoms with Gasteiger partial charge < -0.3 is 14.4 Å². The standard InChI is InChI=1S/C20H20ClNO5S/c21-17-8-7-16(28-17)15(23)6-9-18(24)27-19(14-4-2-1-3-5-14)20(25)22-10-12-26-13-11-22/h1-5,7-8,19H,6,9-13H2/t19-/m1/s1. The van der Waals surface area contributed by atoms with Crippen LogP contribution in [0.3, 0.4) is 0 Å². The molecular formula is C20H20ClNO5S. The van der Waals surface area contributed by atoms with E-state index < -0.39 is 12.1 Å². The Balaban J connectivity index is 1.64. The van der Waals surface area contributed by atoms with Crippen LogP contribution in [-0.4, -0.2) is 48.9 Å². The molecule has 0 saturated carbocycles. The van der Waals surface area contributed by atoms with Gasteiger partial charge in [-0.2, -0.15) is 0 Å². The number of hydrogen-bond donors (Lipinski definition) is 0. The van der Waals surface area contributed by atoms with Crippen molar-refractivity contribution in [2.75, 3.05) is 26.3 Å². The molecule has 2 heterocycles. The third kappa shape index (κ3) is 5.41. The predicted molar refractivity (Wildman–Crippen MR) is 106 cm³/mol. The number of amides is 1. The van der Waals surface area contributed by atoms with Crippen LogP contribution in [0.1, 0.15) is 34.2 Å². The van der Waals surface area contributed by atoms with Crippen molar-refractivity contribution >= 4 is 40.6 Å². The Morgan fingerprint density at radius 2 is 1.79 bits per heavy atom. The second-order valence-electron chi connectivity index (χ2n) is 6.25. The molecule has 0 bridgehead atoms. The van der Waals surface area contributed by atoms with Gasteiger partial charge in [-0.3, -0.25) is 14.4 Å². The highest BCUT2D eigenvalue weighted by Gasteiger charge is 2.30. The van der Waals surface area contributed by atoms with Gasteiger partial charge in [-0.1, -0.05) is 41.9 Å². The fraction of sp³-hybridized carbons (Fsp3) is 0.350. The van der Waals surface area contributed by atoms with Gasteiger partial charge >= 0.3 is 5.97 Å². The van der Waals surface area contributed by atoms with Crippen molar-refractivity contribution in [3.8, 4) is 0 Å². The fourth-order valence-electron chi connectivity index (χ4n) is 2.83. The number of ether oxygens (including phenoxy) is 2. The van der Waals surface area contributed by atoms with E-state index in [4.69, 9.17) is 21.1 Å². The van der Waals surface area contributed by atoms with Crippen LogP contribution < -0.4 is 0 Å². The van der Waals surface area contributed by atoms with Crippen molar-refractivity contribution in [1.82, 2.24) is 4.90 Å². The summed E-state index contributed by atoms with van der Waals surface area (Å²) in [5, 5.41) is 0. The molecule has 0 radical (unpaired) electrons. The second-order valence-corrected chi connectivity index (χ2v) is 7.96. The van der Waals surface area contributed by atoms with Crippen molar-refractivity contribution in [3.63, 3.8) is 0 Å². The highest BCUT2D eigenvalue weighted by atomic mass is 35.5. The van der Waals surface area contributed by atoms with Crippen LogP contribution in [0.2, 0.25) is 4.34 Å². The first-order valence-corrected chi connectivity index (χ1v) is 10.1. The minimum atomic E-state index is -1.03. The van der Waals surface area contributed by atoms with Crippen LogP contribution in [-0.2, 0) is 19.1 Å². The van der Waals surface area contributed by atoms with Crippen LogP contribution in [0.4, 0.5) is 0 Å². The Morgan fingerprint density at radius 1 is 1.07 bits per heavy atom. The third-order valence-electron chi connectivity index (χ3n) is 4.30. The second kappa shape index (κ2) is 9.82. The van der Waals surface area contributed by atoms with Crippen molar-refractivity contribution in [2.24, 2.45) is 0 Å². The molecule has 6 nitrogen and oxygen atoms in total. The number of thiophene rings is 1. The topological polar surface area (TPSA) is 72.9 Å². The van der Waals surface area contributed by atoms with E-state index in [-0.39, 0.29) is 24.5 Å². The maximum Gasteiger partial charge on any atom is 0.307 e. The average Bonchev–Trinajstić information content (AvgIpc) is 3.17. The van der Waals surface area contributed by atoms with Gasteiger partial charge in [-0.05, 0) is 12.1 Å². The van der Waals surface area contributed by atoms with Gasteiger partial charge in [0.05, 0.1) is 28.8 Å². The summed E-state index contributed by atoms with van der Waals surface area (Å²) in [6, 6.07) is 12.2. The molecule has 28 heavy (non-hydrogen) atoms. The third-order valence-corrected chi connectivity index (χ3v) is 5.58. The summed E-state index contributed by atoms with van der Waals surface area (Å²) >= 11 is 7.01. The molecule has 1 aliphatic rings.